The predicted molar refractivity (Wildman–Crippen MR) is 110 cm³/mol. The van der Waals surface area contributed by atoms with Gasteiger partial charge in [-0.05, 0) is 42.0 Å². The molecule has 1 N–H and O–H groups in total. The normalized spacial score (nSPS) is 11.0. The number of methoxy groups -OCH3 is 1. The standard InChI is InChI=1S/C19H15BrN4O2S/c1-26-15-7-5-14(6-8-15)24-18(25)16-10-21-23-17(16)22-19(24)27-11-12-3-2-4-13(20)9-12/h2-10H,11H2,1H3,(H,21,23). The lowest BCUT2D eigenvalue weighted by atomic mass is 10.2. The van der Waals surface area contributed by atoms with E-state index < -0.39 is 0 Å². The molecular weight excluding hydrogens is 428 g/mol. The van der Waals surface area contributed by atoms with Crippen LogP contribution >= 0.6 is 27.7 Å². The molecule has 136 valence electrons. The number of halogens is 1. The summed E-state index contributed by atoms with van der Waals surface area (Å²) in [7, 11) is 1.61. The van der Waals surface area contributed by atoms with Gasteiger partial charge in [0.1, 0.15) is 11.1 Å². The predicted octanol–water partition coefficient (Wildman–Crippen LogP) is 4.17. The van der Waals surface area contributed by atoms with Crippen LogP contribution in [0.2, 0.25) is 0 Å². The van der Waals surface area contributed by atoms with Gasteiger partial charge < -0.3 is 4.74 Å². The number of hydrogen-bond donors (Lipinski definition) is 1. The molecule has 2 aromatic heterocycles. The maximum atomic E-state index is 13.0. The molecule has 0 saturated carbocycles. The summed E-state index contributed by atoms with van der Waals surface area (Å²) in [5.41, 5.74) is 2.19. The highest BCUT2D eigenvalue weighted by atomic mass is 79.9. The third kappa shape index (κ3) is 3.63. The van der Waals surface area contributed by atoms with Gasteiger partial charge in [-0.2, -0.15) is 5.10 Å². The van der Waals surface area contributed by atoms with Crippen molar-refractivity contribution in [1.82, 2.24) is 19.7 Å². The molecule has 8 heteroatoms. The second-order valence-corrected chi connectivity index (χ2v) is 7.64. The van der Waals surface area contributed by atoms with E-state index in [2.05, 4.69) is 37.2 Å². The van der Waals surface area contributed by atoms with Gasteiger partial charge in [-0.3, -0.25) is 14.5 Å². The SMILES string of the molecule is COc1ccc(-n2c(SCc3cccc(Br)c3)nc3[nH]ncc3c2=O)cc1. The first kappa shape index (κ1) is 17.8. The second kappa shape index (κ2) is 7.58. The number of fused-ring (bicyclic) bond motifs is 1. The molecule has 0 fully saturated rings. The molecule has 0 aliphatic rings. The van der Waals surface area contributed by atoms with Crippen LogP contribution in [0.3, 0.4) is 0 Å². The fourth-order valence-corrected chi connectivity index (χ4v) is 4.10. The molecule has 2 heterocycles. The fourth-order valence-electron chi connectivity index (χ4n) is 2.70. The van der Waals surface area contributed by atoms with E-state index in [9.17, 15) is 4.79 Å². The Kier molecular flexibility index (Phi) is 5.00. The third-order valence-corrected chi connectivity index (χ3v) is 5.54. The number of thioether (sulfide) groups is 1. The van der Waals surface area contributed by atoms with Crippen molar-refractivity contribution < 1.29 is 4.74 Å². The van der Waals surface area contributed by atoms with Gasteiger partial charge in [0.05, 0.1) is 19.0 Å². The minimum atomic E-state index is -0.157. The zero-order valence-electron chi connectivity index (χ0n) is 14.3. The second-order valence-electron chi connectivity index (χ2n) is 5.78. The van der Waals surface area contributed by atoms with Crippen LogP contribution in [0.4, 0.5) is 0 Å². The van der Waals surface area contributed by atoms with Gasteiger partial charge in [-0.15, -0.1) is 0 Å². The lowest BCUT2D eigenvalue weighted by molar-refractivity contribution is 0.414. The first-order valence-corrected chi connectivity index (χ1v) is 9.91. The van der Waals surface area contributed by atoms with E-state index in [-0.39, 0.29) is 5.56 Å². The molecule has 0 saturated heterocycles. The summed E-state index contributed by atoms with van der Waals surface area (Å²) >= 11 is 4.98. The lowest BCUT2D eigenvalue weighted by Crippen LogP contribution is -2.21. The number of rotatable bonds is 5. The number of nitrogens with one attached hydrogen (secondary N) is 1. The first-order chi connectivity index (χ1) is 13.2. The Morgan fingerprint density at radius 2 is 2.04 bits per heavy atom. The van der Waals surface area contributed by atoms with Crippen molar-refractivity contribution in [2.45, 2.75) is 10.9 Å². The van der Waals surface area contributed by atoms with E-state index in [4.69, 9.17) is 4.74 Å². The Hall–Kier alpha value is -2.58. The summed E-state index contributed by atoms with van der Waals surface area (Å²) < 4.78 is 7.84. The number of benzene rings is 2. The lowest BCUT2D eigenvalue weighted by Gasteiger charge is -2.12. The summed E-state index contributed by atoms with van der Waals surface area (Å²) in [4.78, 5) is 17.7. The van der Waals surface area contributed by atoms with E-state index >= 15 is 0 Å². The highest BCUT2D eigenvalue weighted by Crippen LogP contribution is 2.26. The van der Waals surface area contributed by atoms with Gasteiger partial charge in [-0.25, -0.2) is 4.98 Å². The molecule has 0 atom stereocenters. The molecule has 27 heavy (non-hydrogen) atoms. The number of ether oxygens (including phenoxy) is 1. The maximum absolute atomic E-state index is 13.0. The van der Waals surface area contributed by atoms with Crippen LogP contribution in [0.15, 0.2) is 69.2 Å². The summed E-state index contributed by atoms with van der Waals surface area (Å²) in [6.45, 7) is 0. The fraction of sp³-hybridized carbons (Fsp3) is 0.105. The van der Waals surface area contributed by atoms with Crippen LogP contribution in [0.1, 0.15) is 5.56 Å². The van der Waals surface area contributed by atoms with Crippen LogP contribution < -0.4 is 10.3 Å². The Bertz CT molecular complexity index is 1150. The molecular formula is C19H15BrN4O2S. The summed E-state index contributed by atoms with van der Waals surface area (Å²) in [6, 6.07) is 15.4. The van der Waals surface area contributed by atoms with Gasteiger partial charge in [0.25, 0.3) is 5.56 Å². The van der Waals surface area contributed by atoms with Crippen LogP contribution in [0.25, 0.3) is 16.7 Å². The van der Waals surface area contributed by atoms with E-state index in [1.54, 1.807) is 11.7 Å². The molecule has 4 aromatic rings. The Labute approximate surface area is 167 Å². The number of H-pyrrole nitrogens is 1. The van der Waals surface area contributed by atoms with Crippen molar-refractivity contribution in [3.63, 3.8) is 0 Å². The molecule has 6 nitrogen and oxygen atoms in total. The molecule has 0 aliphatic heterocycles. The minimum absolute atomic E-state index is 0.157. The van der Waals surface area contributed by atoms with Crippen molar-refractivity contribution in [2.24, 2.45) is 0 Å². The number of aromatic nitrogens is 4. The molecule has 4 rings (SSSR count). The first-order valence-electron chi connectivity index (χ1n) is 8.13. The average Bonchev–Trinajstić information content (AvgIpc) is 3.16. The van der Waals surface area contributed by atoms with Crippen LogP contribution in [-0.2, 0) is 5.75 Å². The molecule has 0 spiro atoms. The highest BCUT2D eigenvalue weighted by molar-refractivity contribution is 9.10. The van der Waals surface area contributed by atoms with Crippen molar-refractivity contribution in [3.05, 3.63) is 75.1 Å². The third-order valence-electron chi connectivity index (χ3n) is 4.04. The van der Waals surface area contributed by atoms with E-state index in [0.717, 1.165) is 21.5 Å². The van der Waals surface area contributed by atoms with Gasteiger partial charge >= 0.3 is 0 Å². The highest BCUT2D eigenvalue weighted by Gasteiger charge is 2.15. The zero-order chi connectivity index (χ0) is 18.8. The van der Waals surface area contributed by atoms with E-state index in [0.29, 0.717) is 21.9 Å². The number of aromatic amines is 1. The molecule has 2 aromatic carbocycles. The summed E-state index contributed by atoms with van der Waals surface area (Å²) in [6.07, 6.45) is 1.51. The van der Waals surface area contributed by atoms with Crippen LogP contribution in [0, 0.1) is 0 Å². The van der Waals surface area contributed by atoms with E-state index in [1.807, 2.05) is 42.5 Å². The quantitative estimate of drug-likeness (QED) is 0.370. The molecule has 0 amide bonds. The monoisotopic (exact) mass is 442 g/mol. The van der Waals surface area contributed by atoms with Crippen molar-refractivity contribution in [2.75, 3.05) is 7.11 Å². The smallest absolute Gasteiger partial charge is 0.269 e. The van der Waals surface area contributed by atoms with Gasteiger partial charge in [0, 0.05) is 10.2 Å². The van der Waals surface area contributed by atoms with Gasteiger partial charge in [0.2, 0.25) is 0 Å². The molecule has 0 aliphatic carbocycles. The average molecular weight is 443 g/mol. The maximum Gasteiger partial charge on any atom is 0.269 e. The van der Waals surface area contributed by atoms with Crippen molar-refractivity contribution in [1.29, 1.82) is 0 Å². The van der Waals surface area contributed by atoms with Crippen molar-refractivity contribution in [3.8, 4) is 11.4 Å². The molecule has 0 unspecified atom stereocenters. The Morgan fingerprint density at radius 1 is 1.22 bits per heavy atom. The van der Waals surface area contributed by atoms with Crippen LogP contribution in [0.5, 0.6) is 5.75 Å². The number of hydrogen-bond acceptors (Lipinski definition) is 5. The zero-order valence-corrected chi connectivity index (χ0v) is 16.8. The number of nitrogens with zero attached hydrogens (tertiary/aromatic N) is 3. The Morgan fingerprint density at radius 3 is 2.78 bits per heavy atom. The summed E-state index contributed by atoms with van der Waals surface area (Å²) in [5, 5.41) is 7.80. The van der Waals surface area contributed by atoms with E-state index in [1.165, 1.54) is 18.0 Å². The minimum Gasteiger partial charge on any atom is -0.497 e. The van der Waals surface area contributed by atoms with Crippen molar-refractivity contribution >= 4 is 38.7 Å². The van der Waals surface area contributed by atoms with Gasteiger partial charge in [-0.1, -0.05) is 39.8 Å². The molecule has 0 radical (unpaired) electrons. The van der Waals surface area contributed by atoms with Gasteiger partial charge in [0.15, 0.2) is 10.8 Å². The molecule has 0 bridgehead atoms. The topological polar surface area (TPSA) is 72.8 Å². The summed E-state index contributed by atoms with van der Waals surface area (Å²) in [5.74, 6) is 1.41. The largest absolute Gasteiger partial charge is 0.497 e. The van der Waals surface area contributed by atoms with Crippen LogP contribution in [-0.4, -0.2) is 26.9 Å². The Balaban J connectivity index is 1.78.